The predicted molar refractivity (Wildman–Crippen MR) is 126 cm³/mol. The lowest BCUT2D eigenvalue weighted by atomic mass is 9.96. The van der Waals surface area contributed by atoms with Gasteiger partial charge in [0.05, 0.1) is 32.5 Å². The van der Waals surface area contributed by atoms with E-state index in [2.05, 4.69) is 4.98 Å². The first-order valence-corrected chi connectivity index (χ1v) is 11.6. The predicted octanol–water partition coefficient (Wildman–Crippen LogP) is 4.05. The minimum Gasteiger partial charge on any atom is -0.493 e. The third-order valence-corrected chi connectivity index (χ3v) is 6.28. The van der Waals surface area contributed by atoms with Crippen LogP contribution in [0.2, 0.25) is 0 Å². The first kappa shape index (κ1) is 24.2. The molecule has 1 aliphatic heterocycles. The summed E-state index contributed by atoms with van der Waals surface area (Å²) in [6.07, 6.45) is 0.637. The maximum absolute atomic E-state index is 13.9. The molecular formula is C26H31FN2O5. The van der Waals surface area contributed by atoms with Crippen molar-refractivity contribution in [3.63, 3.8) is 0 Å². The average molecular weight is 471 g/mol. The van der Waals surface area contributed by atoms with Crippen LogP contribution in [-0.2, 0) is 11.2 Å². The van der Waals surface area contributed by atoms with Crippen LogP contribution in [-0.4, -0.2) is 66.6 Å². The Bertz CT molecular complexity index is 1150. The number of rotatable bonds is 8. The lowest BCUT2D eigenvalue weighted by Gasteiger charge is -2.38. The molecule has 0 saturated carbocycles. The number of hydrogen-bond acceptors (Lipinski definition) is 6. The number of hydrogen-bond donors (Lipinski definition) is 1. The third kappa shape index (κ3) is 5.08. The molecule has 3 aromatic rings. The number of methoxy groups -OCH3 is 1. The zero-order chi connectivity index (χ0) is 24.2. The molecule has 1 amide bonds. The van der Waals surface area contributed by atoms with E-state index in [0.29, 0.717) is 54.3 Å². The molecule has 0 aliphatic carbocycles. The average Bonchev–Trinajstić information content (AvgIpc) is 3.25. The van der Waals surface area contributed by atoms with Gasteiger partial charge in [-0.1, -0.05) is 29.8 Å². The minimum absolute atomic E-state index is 0.0299. The Hall–Kier alpha value is -2.97. The summed E-state index contributed by atoms with van der Waals surface area (Å²) in [5.41, 5.74) is 3.29. The molecule has 1 aromatic heterocycles. The van der Waals surface area contributed by atoms with Gasteiger partial charge in [0.2, 0.25) is 0 Å². The number of aliphatic hydroxyl groups excluding tert-OH is 1. The molecule has 0 unspecified atom stereocenters. The number of carbonyl (C=O) groups excluding carboxylic acids is 1. The third-order valence-electron chi connectivity index (χ3n) is 6.28. The summed E-state index contributed by atoms with van der Waals surface area (Å²) in [5, 5.41) is 9.41. The molecule has 0 spiro atoms. The molecule has 0 radical (unpaired) electrons. The van der Waals surface area contributed by atoms with Gasteiger partial charge in [-0.2, -0.15) is 0 Å². The van der Waals surface area contributed by atoms with Gasteiger partial charge in [0.15, 0.2) is 17.2 Å². The lowest BCUT2D eigenvalue weighted by Crippen LogP contribution is -2.51. The van der Waals surface area contributed by atoms with Gasteiger partial charge in [-0.05, 0) is 38.0 Å². The van der Waals surface area contributed by atoms with Gasteiger partial charge < -0.3 is 23.9 Å². The van der Waals surface area contributed by atoms with Crippen LogP contribution in [0.5, 0.6) is 5.75 Å². The summed E-state index contributed by atoms with van der Waals surface area (Å²) in [7, 11) is 1.51. The summed E-state index contributed by atoms with van der Waals surface area (Å²) in [6, 6.07) is 10.9. The number of alkyl halides is 1. The molecule has 4 rings (SSSR count). The van der Waals surface area contributed by atoms with Crippen LogP contribution in [0, 0.1) is 6.92 Å². The Kier molecular flexibility index (Phi) is 7.48. The van der Waals surface area contributed by atoms with Gasteiger partial charge in [-0.25, -0.2) is 4.98 Å². The lowest BCUT2D eigenvalue weighted by molar-refractivity contribution is -0.0486. The maximum atomic E-state index is 13.9. The quantitative estimate of drug-likeness (QED) is 0.535. The van der Waals surface area contributed by atoms with Gasteiger partial charge in [-0.15, -0.1) is 0 Å². The van der Waals surface area contributed by atoms with Gasteiger partial charge >= 0.3 is 0 Å². The second kappa shape index (κ2) is 10.5. The number of carbonyl (C=O) groups is 1. The van der Waals surface area contributed by atoms with Crippen LogP contribution in [0.25, 0.3) is 11.1 Å². The van der Waals surface area contributed by atoms with Gasteiger partial charge in [0.1, 0.15) is 5.52 Å². The number of ether oxygens (including phenoxy) is 2. The zero-order valence-electron chi connectivity index (χ0n) is 19.8. The Morgan fingerprint density at radius 3 is 2.88 bits per heavy atom. The second-order valence-corrected chi connectivity index (χ2v) is 8.87. The summed E-state index contributed by atoms with van der Waals surface area (Å²) in [4.78, 5) is 19.7. The van der Waals surface area contributed by atoms with Crippen molar-refractivity contribution in [1.82, 2.24) is 9.88 Å². The van der Waals surface area contributed by atoms with E-state index < -0.39 is 6.67 Å². The molecule has 2 heterocycles. The van der Waals surface area contributed by atoms with Crippen LogP contribution in [0.15, 0.2) is 40.8 Å². The van der Waals surface area contributed by atoms with E-state index in [-0.39, 0.29) is 30.6 Å². The number of halogens is 1. The Morgan fingerprint density at radius 1 is 1.35 bits per heavy atom. The van der Waals surface area contributed by atoms with E-state index in [1.165, 1.54) is 7.11 Å². The first-order chi connectivity index (χ1) is 16.4. The van der Waals surface area contributed by atoms with Crippen molar-refractivity contribution in [2.75, 3.05) is 33.5 Å². The summed E-state index contributed by atoms with van der Waals surface area (Å²) in [6.45, 7) is 4.14. The first-order valence-electron chi connectivity index (χ1n) is 11.6. The molecule has 182 valence electrons. The maximum Gasteiger partial charge on any atom is 0.254 e. The van der Waals surface area contributed by atoms with E-state index in [1.807, 2.05) is 38.1 Å². The molecule has 1 fully saturated rings. The molecule has 1 aliphatic rings. The molecule has 2 aromatic carbocycles. The Labute approximate surface area is 198 Å². The fraction of sp³-hybridized carbons (Fsp3) is 0.462. The monoisotopic (exact) mass is 470 g/mol. The van der Waals surface area contributed by atoms with Crippen LogP contribution in [0.4, 0.5) is 4.39 Å². The number of oxazole rings is 1. The standard InChI is InChI=1S/C26H31FN2O5/c1-16-5-4-6-18(9-16)20(13-27)12-24-28-22-10-19(11-23(32-3)25(22)34-24)26(31)29-14-17(2)33-15-21(29)7-8-30/h4-6,9-11,17,20-21,30H,7-8,12-15H2,1-3H3/t17-,20+,21-/m0/s1. The highest BCUT2D eigenvalue weighted by Gasteiger charge is 2.31. The smallest absolute Gasteiger partial charge is 0.254 e. The number of morpholine rings is 1. The van der Waals surface area contributed by atoms with Crippen molar-refractivity contribution in [2.45, 2.75) is 44.8 Å². The highest BCUT2D eigenvalue weighted by atomic mass is 19.1. The summed E-state index contributed by atoms with van der Waals surface area (Å²) in [5.74, 6) is 0.223. The van der Waals surface area contributed by atoms with E-state index in [4.69, 9.17) is 13.9 Å². The number of nitrogens with zero attached hydrogens (tertiary/aromatic N) is 2. The minimum atomic E-state index is -0.537. The van der Waals surface area contributed by atoms with Crippen LogP contribution in [0.3, 0.4) is 0 Å². The molecular weight excluding hydrogens is 439 g/mol. The second-order valence-electron chi connectivity index (χ2n) is 8.87. The van der Waals surface area contributed by atoms with Crippen molar-refractivity contribution in [1.29, 1.82) is 0 Å². The summed E-state index contributed by atoms with van der Waals surface area (Å²) >= 11 is 0. The summed E-state index contributed by atoms with van der Waals surface area (Å²) < 4.78 is 31.0. The van der Waals surface area contributed by atoms with Gasteiger partial charge in [0, 0.05) is 31.1 Å². The topological polar surface area (TPSA) is 85.0 Å². The van der Waals surface area contributed by atoms with E-state index >= 15 is 0 Å². The molecule has 1 N–H and O–H groups in total. The largest absolute Gasteiger partial charge is 0.493 e. The number of aryl methyl sites for hydroxylation is 1. The molecule has 8 heteroatoms. The molecule has 0 bridgehead atoms. The highest BCUT2D eigenvalue weighted by Crippen LogP contribution is 2.32. The SMILES string of the molecule is COc1cc(C(=O)N2C[C@H](C)OC[C@@H]2CCO)cc2nc(C[C@H](CF)c3cccc(C)c3)oc12. The van der Waals surface area contributed by atoms with Crippen molar-refractivity contribution >= 4 is 17.0 Å². The van der Waals surface area contributed by atoms with Crippen LogP contribution >= 0.6 is 0 Å². The Morgan fingerprint density at radius 2 is 2.18 bits per heavy atom. The number of aromatic nitrogens is 1. The van der Waals surface area contributed by atoms with Crippen molar-refractivity contribution in [3.05, 3.63) is 59.0 Å². The van der Waals surface area contributed by atoms with Gasteiger partial charge in [0.25, 0.3) is 5.91 Å². The molecule has 34 heavy (non-hydrogen) atoms. The fourth-order valence-corrected chi connectivity index (χ4v) is 4.45. The molecule has 7 nitrogen and oxygen atoms in total. The van der Waals surface area contributed by atoms with Gasteiger partial charge in [-0.3, -0.25) is 9.18 Å². The van der Waals surface area contributed by atoms with Crippen molar-refractivity contribution in [3.8, 4) is 5.75 Å². The molecule has 1 saturated heterocycles. The van der Waals surface area contributed by atoms with Crippen molar-refractivity contribution in [2.24, 2.45) is 0 Å². The number of fused-ring (bicyclic) bond motifs is 1. The highest BCUT2D eigenvalue weighted by molar-refractivity contribution is 5.99. The van der Waals surface area contributed by atoms with Crippen molar-refractivity contribution < 1.29 is 28.2 Å². The van der Waals surface area contributed by atoms with E-state index in [1.54, 1.807) is 17.0 Å². The Balaban J connectivity index is 1.64. The van der Waals surface area contributed by atoms with E-state index in [0.717, 1.165) is 11.1 Å². The molecule has 3 atom stereocenters. The number of benzene rings is 2. The van der Waals surface area contributed by atoms with Crippen LogP contribution in [0.1, 0.15) is 46.6 Å². The zero-order valence-corrected chi connectivity index (χ0v) is 19.8. The number of aliphatic hydroxyl groups is 1. The van der Waals surface area contributed by atoms with E-state index in [9.17, 15) is 14.3 Å². The van der Waals surface area contributed by atoms with Crippen LogP contribution < -0.4 is 4.74 Å². The number of amides is 1. The normalized spacial score (nSPS) is 19.4. The fourth-order valence-electron chi connectivity index (χ4n) is 4.45.